The van der Waals surface area contributed by atoms with Gasteiger partial charge in [0.15, 0.2) is 0 Å². The van der Waals surface area contributed by atoms with Crippen LogP contribution in [-0.2, 0) is 0 Å². The molecular formula is C60H53N7O8. The van der Waals surface area contributed by atoms with Gasteiger partial charge in [0.2, 0.25) is 0 Å². The molecule has 15 heteroatoms. The zero-order valence-electron chi connectivity index (χ0n) is 42.0. The topological polar surface area (TPSA) is 221 Å². The lowest BCUT2D eigenvalue weighted by Gasteiger charge is -2.19. The molecule has 0 saturated heterocycles. The van der Waals surface area contributed by atoms with Crippen LogP contribution >= 0.6 is 0 Å². The minimum absolute atomic E-state index is 0.0404. The van der Waals surface area contributed by atoms with Gasteiger partial charge in [-0.15, -0.1) is 0 Å². The minimum atomic E-state index is -1.06. The molecule has 0 heterocycles. The maximum atomic E-state index is 15.0. The van der Waals surface area contributed by atoms with Crippen molar-refractivity contribution >= 4 is 91.6 Å². The van der Waals surface area contributed by atoms with Crippen molar-refractivity contribution in [1.29, 1.82) is 0 Å². The molecule has 8 aromatic rings. The molecule has 0 aliphatic rings. The number of fused-ring (bicyclic) bond motifs is 2. The van der Waals surface area contributed by atoms with Crippen molar-refractivity contribution in [3.63, 3.8) is 0 Å². The molecule has 0 spiro atoms. The SMILES string of the molecule is CCNC(=O)c1ccc(C(=O)NC(=O)c2ccc(C(=O)NCC)c3c(C(=O)Nc4ccc(C)cc4)ccc(C(=O)Nc4ccc(C)cc4)c23)c2c(C(=O)Nc3ccc(C)cc3)ccc(C(=O)Nc3ccc(C)cc3)c12. The average molecular weight is 1000 g/mol. The molecule has 8 rings (SSSR count). The van der Waals surface area contributed by atoms with E-state index in [1.54, 1.807) is 86.6 Å². The standard InChI is InChI=1S/C60H53N7O8/c1-7-61-53(68)41-25-27-47(51-45(57(72)65-39-21-13-35(5)14-22-39)31-29-43(49(41)51)55(70)63-37-17-9-33(3)10-18-37)59(74)67-60(75)48-28-26-42(54(69)62-8-2)50-44(56(71)64-38-19-11-34(4)12-20-38)30-32-46(52(48)50)58(73)66-40-23-15-36(6)16-24-40/h9-32H,7-8H2,1-6H3,(H,61,68)(H,62,69)(H,63,70)(H,64,71)(H,65,72)(H,66,73)(H,67,74,75). The van der Waals surface area contributed by atoms with Crippen molar-refractivity contribution < 1.29 is 38.4 Å². The van der Waals surface area contributed by atoms with Crippen molar-refractivity contribution in [1.82, 2.24) is 16.0 Å². The number of amides is 8. The third-order valence-electron chi connectivity index (χ3n) is 12.4. The summed E-state index contributed by atoms with van der Waals surface area (Å²) in [6, 6.07) is 38.8. The van der Waals surface area contributed by atoms with Crippen molar-refractivity contribution in [2.24, 2.45) is 0 Å². The Bertz CT molecular complexity index is 3370. The van der Waals surface area contributed by atoms with Crippen LogP contribution in [0.25, 0.3) is 21.5 Å². The highest BCUT2D eigenvalue weighted by atomic mass is 16.2. The van der Waals surface area contributed by atoms with Gasteiger partial charge in [-0.3, -0.25) is 43.7 Å². The van der Waals surface area contributed by atoms with Gasteiger partial charge in [-0.05, 0) is 139 Å². The van der Waals surface area contributed by atoms with E-state index in [2.05, 4.69) is 37.2 Å². The molecule has 0 aliphatic carbocycles. The molecule has 0 atom stereocenters. The van der Waals surface area contributed by atoms with Gasteiger partial charge in [0.1, 0.15) is 0 Å². The molecule has 75 heavy (non-hydrogen) atoms. The van der Waals surface area contributed by atoms with Crippen molar-refractivity contribution in [2.75, 3.05) is 34.4 Å². The summed E-state index contributed by atoms with van der Waals surface area (Å²) in [6.07, 6.45) is 0. The van der Waals surface area contributed by atoms with Crippen LogP contribution in [0.3, 0.4) is 0 Å². The van der Waals surface area contributed by atoms with Crippen LogP contribution in [0.2, 0.25) is 0 Å². The first-order valence-corrected chi connectivity index (χ1v) is 24.2. The fourth-order valence-electron chi connectivity index (χ4n) is 8.60. The molecule has 8 aromatic carbocycles. The molecule has 8 amide bonds. The summed E-state index contributed by atoms with van der Waals surface area (Å²) >= 11 is 0. The van der Waals surface area contributed by atoms with E-state index in [0.29, 0.717) is 22.7 Å². The van der Waals surface area contributed by atoms with E-state index >= 15 is 9.59 Å². The molecule has 15 nitrogen and oxygen atoms in total. The van der Waals surface area contributed by atoms with Gasteiger partial charge in [-0.25, -0.2) is 0 Å². The van der Waals surface area contributed by atoms with Crippen molar-refractivity contribution in [3.05, 3.63) is 212 Å². The Morgan fingerprint density at radius 2 is 0.453 bits per heavy atom. The molecular weight excluding hydrogens is 947 g/mol. The number of carbonyl (C=O) groups is 8. The summed E-state index contributed by atoms with van der Waals surface area (Å²) in [5, 5.41) is 19.0. The van der Waals surface area contributed by atoms with E-state index in [9.17, 15) is 28.8 Å². The summed E-state index contributed by atoms with van der Waals surface area (Å²) < 4.78 is 0. The first kappa shape index (κ1) is 51.6. The Balaban J connectivity index is 1.31. The van der Waals surface area contributed by atoms with E-state index in [0.717, 1.165) is 22.3 Å². The molecule has 376 valence electrons. The van der Waals surface area contributed by atoms with Gasteiger partial charge >= 0.3 is 0 Å². The number of nitrogens with one attached hydrogen (secondary N) is 7. The molecule has 0 bridgehead atoms. The quantitative estimate of drug-likeness (QED) is 0.0518. The summed E-state index contributed by atoms with van der Waals surface area (Å²) in [5.74, 6) is -6.06. The van der Waals surface area contributed by atoms with Gasteiger partial charge in [0, 0.05) is 102 Å². The number of rotatable bonds is 14. The van der Waals surface area contributed by atoms with Gasteiger partial charge in [-0.2, -0.15) is 0 Å². The predicted molar refractivity (Wildman–Crippen MR) is 292 cm³/mol. The van der Waals surface area contributed by atoms with Crippen molar-refractivity contribution in [3.8, 4) is 0 Å². The fourth-order valence-corrected chi connectivity index (χ4v) is 8.60. The number of hydrogen-bond acceptors (Lipinski definition) is 8. The first-order valence-electron chi connectivity index (χ1n) is 24.2. The van der Waals surface area contributed by atoms with Gasteiger partial charge in [-0.1, -0.05) is 70.8 Å². The summed E-state index contributed by atoms with van der Waals surface area (Å²) in [6.45, 7) is 11.4. The zero-order valence-corrected chi connectivity index (χ0v) is 42.0. The Labute approximate surface area is 432 Å². The fraction of sp³-hybridized carbons (Fsp3) is 0.133. The maximum absolute atomic E-state index is 15.0. The average Bonchev–Trinajstić information content (AvgIpc) is 3.40. The number of hydrogen-bond donors (Lipinski definition) is 7. The largest absolute Gasteiger partial charge is 0.352 e. The second kappa shape index (κ2) is 22.3. The summed E-state index contributed by atoms with van der Waals surface area (Å²) in [5.41, 5.74) is 4.49. The molecule has 0 unspecified atom stereocenters. The molecule has 0 saturated carbocycles. The second-order valence-electron chi connectivity index (χ2n) is 17.9. The van der Waals surface area contributed by atoms with E-state index in [1.807, 2.05) is 52.0 Å². The highest BCUT2D eigenvalue weighted by molar-refractivity contribution is 6.31. The molecule has 0 fully saturated rings. The Morgan fingerprint density at radius 3 is 0.653 bits per heavy atom. The van der Waals surface area contributed by atoms with E-state index in [4.69, 9.17) is 0 Å². The van der Waals surface area contributed by atoms with Gasteiger partial charge in [0.25, 0.3) is 47.3 Å². The lowest BCUT2D eigenvalue weighted by atomic mass is 9.89. The first-order chi connectivity index (χ1) is 36.0. The molecule has 0 aromatic heterocycles. The van der Waals surface area contributed by atoms with Crippen LogP contribution in [-0.4, -0.2) is 60.3 Å². The number of aryl methyl sites for hydroxylation is 4. The summed E-state index contributed by atoms with van der Waals surface area (Å²) in [4.78, 5) is 116. The number of anilines is 4. The number of benzene rings is 8. The molecule has 0 radical (unpaired) electrons. The monoisotopic (exact) mass is 999 g/mol. The summed E-state index contributed by atoms with van der Waals surface area (Å²) in [7, 11) is 0. The molecule has 7 N–H and O–H groups in total. The smallest absolute Gasteiger partial charge is 0.258 e. The van der Waals surface area contributed by atoms with Gasteiger partial charge < -0.3 is 31.9 Å². The van der Waals surface area contributed by atoms with Crippen LogP contribution in [0, 0.1) is 27.7 Å². The normalized spacial score (nSPS) is 10.8. The van der Waals surface area contributed by atoms with Crippen LogP contribution in [0.5, 0.6) is 0 Å². The van der Waals surface area contributed by atoms with Crippen molar-refractivity contribution in [2.45, 2.75) is 41.5 Å². The highest BCUT2D eigenvalue weighted by Gasteiger charge is 2.30. The highest BCUT2D eigenvalue weighted by Crippen LogP contribution is 2.34. The molecule has 0 aliphatic heterocycles. The van der Waals surface area contributed by atoms with Crippen LogP contribution in [0.15, 0.2) is 146 Å². The van der Waals surface area contributed by atoms with E-state index in [1.165, 1.54) is 48.5 Å². The Kier molecular flexibility index (Phi) is 15.4. The van der Waals surface area contributed by atoms with E-state index < -0.39 is 47.3 Å². The van der Waals surface area contributed by atoms with Crippen LogP contribution in [0.4, 0.5) is 22.7 Å². The zero-order chi connectivity index (χ0) is 53.5. The third kappa shape index (κ3) is 11.3. The number of imide groups is 1. The second-order valence-corrected chi connectivity index (χ2v) is 17.9. The third-order valence-corrected chi connectivity index (χ3v) is 12.4. The number of carbonyl (C=O) groups excluding carboxylic acids is 8. The van der Waals surface area contributed by atoms with Gasteiger partial charge in [0.05, 0.1) is 0 Å². The van der Waals surface area contributed by atoms with Crippen LogP contribution < -0.4 is 37.2 Å². The predicted octanol–water partition coefficient (Wildman–Crippen LogP) is 10.3. The minimum Gasteiger partial charge on any atom is -0.352 e. The Morgan fingerprint density at radius 1 is 0.267 bits per heavy atom. The lowest BCUT2D eigenvalue weighted by molar-refractivity contribution is 0.0846. The Hall–Kier alpha value is -9.76. The van der Waals surface area contributed by atoms with E-state index in [-0.39, 0.29) is 79.1 Å². The maximum Gasteiger partial charge on any atom is 0.258 e. The van der Waals surface area contributed by atoms with Crippen LogP contribution in [0.1, 0.15) is 119 Å². The lowest BCUT2D eigenvalue weighted by Crippen LogP contribution is -2.32.